The van der Waals surface area contributed by atoms with Crippen molar-refractivity contribution < 1.29 is 12.4 Å². The fourth-order valence-corrected chi connectivity index (χ4v) is 28.6. The topological polar surface area (TPSA) is 43.4 Å². The molecule has 292 valence electrons. The molecular weight excluding hydrogens is 780 g/mol. The van der Waals surface area contributed by atoms with E-state index in [4.69, 9.17) is 3.97 Å². The molecule has 0 saturated carbocycles. The Labute approximate surface area is 340 Å². The van der Waals surface area contributed by atoms with Crippen LogP contribution in [0.2, 0.25) is 0 Å². The normalized spacial score (nSPS) is 12.9. The zero-order chi connectivity index (χ0) is 39.3. The van der Waals surface area contributed by atoms with Gasteiger partial charge >= 0.3 is 342 Å². The fraction of sp³-hybridized carbons (Fsp3) is 0.250. The van der Waals surface area contributed by atoms with E-state index in [9.17, 15) is 8.42 Å². The van der Waals surface area contributed by atoms with Crippen molar-refractivity contribution in [2.45, 2.75) is 20.3 Å². The van der Waals surface area contributed by atoms with E-state index in [2.05, 4.69) is 196 Å². The Kier molecular flexibility index (Phi) is 15.3. The van der Waals surface area contributed by atoms with E-state index in [-0.39, 0.29) is 0 Å². The summed E-state index contributed by atoms with van der Waals surface area (Å²) in [5.41, 5.74) is 0. The molecule has 6 rings (SSSR count). The van der Waals surface area contributed by atoms with Crippen LogP contribution in [-0.2, 0) is 14.1 Å². The zero-order valence-electron chi connectivity index (χ0n) is 33.0. The summed E-state index contributed by atoms with van der Waals surface area (Å²) in [5, 5.41) is 7.92. The Bertz CT molecular complexity index is 1830. The molecule has 0 aliphatic heterocycles. The van der Waals surface area contributed by atoms with Gasteiger partial charge in [-0.15, -0.1) is 0 Å². The predicted octanol–water partition coefficient (Wildman–Crippen LogP) is 9.88. The molecule has 0 atom stereocenters. The molecule has 0 bridgehead atoms. The Hall–Kier alpha value is -3.05. The summed E-state index contributed by atoms with van der Waals surface area (Å²) in [6.07, 6.45) is 7.94. The molecule has 0 heterocycles. The van der Waals surface area contributed by atoms with Crippen LogP contribution in [0.25, 0.3) is 0 Å². The van der Waals surface area contributed by atoms with E-state index in [0.29, 0.717) is 5.92 Å². The molecular formula is C48H56O3P4S. The Morgan fingerprint density at radius 1 is 0.429 bits per heavy atom. The van der Waals surface area contributed by atoms with Gasteiger partial charge in [-0.25, -0.2) is 0 Å². The Morgan fingerprint density at radius 3 is 0.857 bits per heavy atom. The summed E-state index contributed by atoms with van der Waals surface area (Å²) in [5.74, 6) is 0.402. The number of hydrogen-bond acceptors (Lipinski definition) is 3. The quantitative estimate of drug-likeness (QED) is 0.0720. The van der Waals surface area contributed by atoms with Gasteiger partial charge in [-0.1, -0.05) is 0 Å². The van der Waals surface area contributed by atoms with Crippen molar-refractivity contribution in [3.63, 3.8) is 0 Å². The molecule has 0 amide bonds. The van der Waals surface area contributed by atoms with Crippen molar-refractivity contribution in [3.05, 3.63) is 182 Å². The van der Waals surface area contributed by atoms with Crippen molar-refractivity contribution in [1.29, 1.82) is 0 Å². The number of hydrogen-bond donors (Lipinski definition) is 0. The molecule has 0 aliphatic carbocycles. The van der Waals surface area contributed by atoms with Crippen molar-refractivity contribution in [3.8, 4) is 0 Å². The summed E-state index contributed by atoms with van der Waals surface area (Å²) < 4.78 is 35.3. The predicted molar refractivity (Wildman–Crippen MR) is 254 cm³/mol. The summed E-state index contributed by atoms with van der Waals surface area (Å²) in [4.78, 5) is 0. The van der Waals surface area contributed by atoms with Crippen LogP contribution in [0.4, 0.5) is 0 Å². The molecule has 0 unspecified atom stereocenters. The van der Waals surface area contributed by atoms with E-state index < -0.39 is 40.7 Å². The van der Waals surface area contributed by atoms with Crippen molar-refractivity contribution in [1.82, 2.24) is 0 Å². The molecule has 0 aromatic heterocycles. The van der Waals surface area contributed by atoms with Crippen LogP contribution < -0.4 is 31.8 Å². The molecule has 0 fully saturated rings. The molecule has 6 aromatic carbocycles. The van der Waals surface area contributed by atoms with Crippen LogP contribution >= 0.6 is 30.6 Å². The minimum atomic E-state index is -3.84. The van der Waals surface area contributed by atoms with Crippen LogP contribution in [-0.4, -0.2) is 57.8 Å². The van der Waals surface area contributed by atoms with E-state index in [1.807, 2.05) is 0 Å². The third kappa shape index (κ3) is 11.8. The van der Waals surface area contributed by atoms with Gasteiger partial charge in [-0.05, 0) is 0 Å². The second-order valence-corrected chi connectivity index (χ2v) is 29.7. The maximum absolute atomic E-state index is 14.1. The van der Waals surface area contributed by atoms with E-state index in [1.165, 1.54) is 38.1 Å². The molecule has 0 spiro atoms. The average molecular weight is 837 g/mol. The molecule has 0 N–H and O–H groups in total. The van der Waals surface area contributed by atoms with Crippen LogP contribution in [0.3, 0.4) is 0 Å². The van der Waals surface area contributed by atoms with Gasteiger partial charge < -0.3 is 0 Å². The first kappa shape index (κ1) is 42.6. The van der Waals surface area contributed by atoms with Gasteiger partial charge in [0.05, 0.1) is 0 Å². The average Bonchev–Trinajstić information content (AvgIpc) is 3.22. The van der Waals surface area contributed by atoms with Gasteiger partial charge in [0.1, 0.15) is 0 Å². The van der Waals surface area contributed by atoms with Gasteiger partial charge in [0, 0.05) is 0 Å². The van der Waals surface area contributed by atoms with Crippen molar-refractivity contribution >= 4 is 72.5 Å². The Morgan fingerprint density at radius 2 is 0.661 bits per heavy atom. The summed E-state index contributed by atoms with van der Waals surface area (Å²) in [6, 6.07) is 65.3. The van der Waals surface area contributed by atoms with Gasteiger partial charge in [-0.3, -0.25) is 0 Å². The first-order chi connectivity index (χ1) is 27.1. The van der Waals surface area contributed by atoms with E-state index >= 15 is 0 Å². The second-order valence-electron chi connectivity index (χ2n) is 15.2. The van der Waals surface area contributed by atoms with Crippen molar-refractivity contribution in [2.24, 2.45) is 5.92 Å². The molecule has 0 radical (unpaired) electrons. The zero-order valence-corrected chi connectivity index (χ0v) is 37.4. The fourth-order valence-electron chi connectivity index (χ4n) is 7.72. The standard InChI is InChI=1S/C48H56O3P4S/c1-42(2)34-38-55(51-56(3,49)50,39-35-52(43-22-10-4-11-23-43)44-24-12-5-13-25-44,40-36-53(45-26-14-6-15-27-45)46-28-16-7-17-29-46)41-37-54(47-30-18-8-19-31-47)48-32-20-9-21-33-48/h4-33,42H,34-41H2,1-3H3. The summed E-state index contributed by atoms with van der Waals surface area (Å²) in [6.45, 7) is 0.942. The van der Waals surface area contributed by atoms with Gasteiger partial charge in [-0.2, -0.15) is 0 Å². The number of rotatable bonds is 20. The maximum atomic E-state index is 14.1. The minimum absolute atomic E-state index is 0.402. The molecule has 0 saturated heterocycles. The van der Waals surface area contributed by atoms with Crippen molar-refractivity contribution in [2.75, 3.05) is 49.4 Å². The molecule has 3 nitrogen and oxygen atoms in total. The van der Waals surface area contributed by atoms with Gasteiger partial charge in [0.25, 0.3) is 0 Å². The van der Waals surface area contributed by atoms with Gasteiger partial charge in [0.2, 0.25) is 0 Å². The van der Waals surface area contributed by atoms with E-state index in [1.54, 1.807) is 0 Å². The van der Waals surface area contributed by atoms with Crippen LogP contribution in [0, 0.1) is 5.92 Å². The van der Waals surface area contributed by atoms with Crippen LogP contribution in [0.5, 0.6) is 0 Å². The first-order valence-electron chi connectivity index (χ1n) is 19.7. The second kappa shape index (κ2) is 20.1. The van der Waals surface area contributed by atoms with Gasteiger partial charge in [0.15, 0.2) is 0 Å². The summed E-state index contributed by atoms with van der Waals surface area (Å²) in [7, 11) is -6.16. The summed E-state index contributed by atoms with van der Waals surface area (Å²) >= 11 is 0. The SMILES string of the molecule is CC(C)CCP(CCP(c1ccccc1)c1ccccc1)(CCP(c1ccccc1)c1ccccc1)(CCP(c1ccccc1)c1ccccc1)OS(C)(=O)=O. The Balaban J connectivity index is 1.52. The molecule has 0 aliphatic rings. The monoisotopic (exact) mass is 836 g/mol. The van der Waals surface area contributed by atoms with E-state index in [0.717, 1.165) is 49.6 Å². The number of benzene rings is 6. The van der Waals surface area contributed by atoms with Crippen LogP contribution in [0.1, 0.15) is 20.3 Å². The van der Waals surface area contributed by atoms with Crippen LogP contribution in [0.15, 0.2) is 182 Å². The molecule has 56 heavy (non-hydrogen) atoms. The third-order valence-electron chi connectivity index (χ3n) is 10.7. The molecule has 8 heteroatoms. The molecule has 6 aromatic rings. The third-order valence-corrected chi connectivity index (χ3v) is 27.5. The first-order valence-corrected chi connectivity index (χ1v) is 29.0.